The molecule has 1 aromatic heterocycles. The van der Waals surface area contributed by atoms with Crippen molar-refractivity contribution >= 4 is 23.2 Å². The highest BCUT2D eigenvalue weighted by Crippen LogP contribution is 2.22. The third-order valence-electron chi connectivity index (χ3n) is 4.15. The maximum atomic E-state index is 12.2. The number of nitrogens with zero attached hydrogens (tertiary/aromatic N) is 3. The second-order valence-electron chi connectivity index (χ2n) is 5.98. The Kier molecular flexibility index (Phi) is 4.78. The molecular weight excluding hydrogens is 322 g/mol. The molecule has 1 aliphatic rings. The van der Waals surface area contributed by atoms with Crippen LogP contribution >= 0.6 is 0 Å². The van der Waals surface area contributed by atoms with Crippen molar-refractivity contribution in [3.63, 3.8) is 0 Å². The molecule has 0 radical (unpaired) electrons. The van der Waals surface area contributed by atoms with Crippen molar-refractivity contribution in [2.75, 3.05) is 23.3 Å². The first-order valence-electron chi connectivity index (χ1n) is 8.01. The van der Waals surface area contributed by atoms with Crippen LogP contribution in [-0.2, 0) is 0 Å². The van der Waals surface area contributed by atoms with E-state index in [4.69, 9.17) is 0 Å². The van der Waals surface area contributed by atoms with Gasteiger partial charge in [-0.05, 0) is 37.6 Å². The number of hydrogen-bond donors (Lipinski definition) is 2. The third-order valence-corrected chi connectivity index (χ3v) is 4.15. The molecule has 2 aromatic rings. The zero-order valence-corrected chi connectivity index (χ0v) is 13.8. The summed E-state index contributed by atoms with van der Waals surface area (Å²) >= 11 is 0. The number of rotatable bonds is 4. The minimum Gasteiger partial charge on any atom is -0.354 e. The molecule has 25 heavy (non-hydrogen) atoms. The average Bonchev–Trinajstić information content (AvgIpc) is 3.03. The first-order chi connectivity index (χ1) is 12.0. The van der Waals surface area contributed by atoms with Crippen LogP contribution in [0.25, 0.3) is 0 Å². The van der Waals surface area contributed by atoms with Crippen molar-refractivity contribution in [3.8, 4) is 0 Å². The highest BCUT2D eigenvalue weighted by Gasteiger charge is 2.24. The number of anilines is 2. The summed E-state index contributed by atoms with van der Waals surface area (Å²) in [7, 11) is 0. The number of amides is 2. The number of carbonyl (C=O) groups excluding carboxylic acids is 1. The Morgan fingerprint density at radius 1 is 1.36 bits per heavy atom. The molecule has 1 atom stereocenters. The molecule has 1 aromatic carbocycles. The predicted molar refractivity (Wildman–Crippen MR) is 94.8 cm³/mol. The second kappa shape index (κ2) is 7.16. The summed E-state index contributed by atoms with van der Waals surface area (Å²) in [5.41, 5.74) is 1.07. The van der Waals surface area contributed by atoms with Crippen LogP contribution in [0.4, 0.5) is 22.0 Å². The summed E-state index contributed by atoms with van der Waals surface area (Å²) in [6.07, 6.45) is 2.59. The van der Waals surface area contributed by atoms with E-state index in [1.807, 2.05) is 18.2 Å². The standard InChI is InChI=1S/C17H19N5O3/c1-12-10-13(5-6-15(12)22(24)25)19-17(23)20-14-7-9-21(11-14)16-4-2-3-8-18-16/h2-6,8,10,14H,7,9,11H2,1H3,(H2,19,20,23)/t14-/m1/s1. The molecule has 0 saturated carbocycles. The lowest BCUT2D eigenvalue weighted by molar-refractivity contribution is -0.385. The van der Waals surface area contributed by atoms with Crippen molar-refractivity contribution in [1.29, 1.82) is 0 Å². The van der Waals surface area contributed by atoms with E-state index in [1.165, 1.54) is 12.1 Å². The summed E-state index contributed by atoms with van der Waals surface area (Å²) in [6.45, 7) is 3.17. The Labute approximate surface area is 145 Å². The van der Waals surface area contributed by atoms with Crippen LogP contribution in [0.3, 0.4) is 0 Å². The monoisotopic (exact) mass is 341 g/mol. The summed E-state index contributed by atoms with van der Waals surface area (Å²) in [5, 5.41) is 16.5. The minimum atomic E-state index is -0.441. The molecule has 2 amide bonds. The van der Waals surface area contributed by atoms with Crippen LogP contribution < -0.4 is 15.5 Å². The predicted octanol–water partition coefficient (Wildman–Crippen LogP) is 2.70. The normalized spacial score (nSPS) is 16.5. The van der Waals surface area contributed by atoms with Gasteiger partial charge in [0.15, 0.2) is 0 Å². The van der Waals surface area contributed by atoms with Crippen molar-refractivity contribution in [2.24, 2.45) is 0 Å². The van der Waals surface area contributed by atoms with E-state index in [0.717, 1.165) is 18.8 Å². The fourth-order valence-corrected chi connectivity index (χ4v) is 2.92. The van der Waals surface area contributed by atoms with E-state index in [-0.39, 0.29) is 17.8 Å². The Morgan fingerprint density at radius 3 is 2.88 bits per heavy atom. The van der Waals surface area contributed by atoms with Crippen LogP contribution in [0, 0.1) is 17.0 Å². The van der Waals surface area contributed by atoms with Gasteiger partial charge in [-0.2, -0.15) is 0 Å². The molecule has 0 unspecified atom stereocenters. The van der Waals surface area contributed by atoms with Crippen molar-refractivity contribution in [2.45, 2.75) is 19.4 Å². The fourth-order valence-electron chi connectivity index (χ4n) is 2.92. The van der Waals surface area contributed by atoms with Gasteiger partial charge in [0.25, 0.3) is 5.69 Å². The Morgan fingerprint density at radius 2 is 2.20 bits per heavy atom. The molecule has 1 fully saturated rings. The SMILES string of the molecule is Cc1cc(NC(=O)N[C@@H]2CCN(c3ccccn3)C2)ccc1[N+](=O)[O-]. The van der Waals surface area contributed by atoms with E-state index in [9.17, 15) is 14.9 Å². The van der Waals surface area contributed by atoms with Crippen LogP contribution in [-0.4, -0.2) is 35.1 Å². The lowest BCUT2D eigenvalue weighted by Gasteiger charge is -2.18. The lowest BCUT2D eigenvalue weighted by atomic mass is 10.2. The van der Waals surface area contributed by atoms with Gasteiger partial charge >= 0.3 is 6.03 Å². The maximum absolute atomic E-state index is 12.2. The van der Waals surface area contributed by atoms with Gasteiger partial charge in [0, 0.05) is 42.6 Å². The number of nitro groups is 1. The van der Waals surface area contributed by atoms with Gasteiger partial charge in [-0.15, -0.1) is 0 Å². The molecule has 0 aliphatic carbocycles. The van der Waals surface area contributed by atoms with Gasteiger partial charge in [-0.25, -0.2) is 9.78 Å². The van der Waals surface area contributed by atoms with Gasteiger partial charge in [0.05, 0.1) is 4.92 Å². The first kappa shape index (κ1) is 16.7. The lowest BCUT2D eigenvalue weighted by Crippen LogP contribution is -2.39. The highest BCUT2D eigenvalue weighted by atomic mass is 16.6. The Balaban J connectivity index is 1.55. The first-order valence-corrected chi connectivity index (χ1v) is 8.01. The van der Waals surface area contributed by atoms with E-state index >= 15 is 0 Å². The molecule has 1 saturated heterocycles. The zero-order valence-electron chi connectivity index (χ0n) is 13.8. The van der Waals surface area contributed by atoms with Crippen molar-refractivity contribution in [3.05, 3.63) is 58.3 Å². The van der Waals surface area contributed by atoms with Crippen molar-refractivity contribution < 1.29 is 9.72 Å². The van der Waals surface area contributed by atoms with Crippen LogP contribution in [0.15, 0.2) is 42.6 Å². The highest BCUT2D eigenvalue weighted by molar-refractivity contribution is 5.89. The molecule has 3 rings (SSSR count). The topological polar surface area (TPSA) is 100 Å². The van der Waals surface area contributed by atoms with Gasteiger partial charge in [-0.3, -0.25) is 10.1 Å². The smallest absolute Gasteiger partial charge is 0.319 e. The second-order valence-corrected chi connectivity index (χ2v) is 5.98. The van der Waals surface area contributed by atoms with Gasteiger partial charge in [0.1, 0.15) is 5.82 Å². The van der Waals surface area contributed by atoms with Crippen LogP contribution in [0.5, 0.6) is 0 Å². The van der Waals surface area contributed by atoms with Gasteiger partial charge < -0.3 is 15.5 Å². The molecular formula is C17H19N5O3. The summed E-state index contributed by atoms with van der Waals surface area (Å²) in [6, 6.07) is 9.97. The number of benzene rings is 1. The number of aromatic nitrogens is 1. The number of nitrogens with one attached hydrogen (secondary N) is 2. The zero-order chi connectivity index (χ0) is 17.8. The molecule has 2 heterocycles. The quantitative estimate of drug-likeness (QED) is 0.658. The number of hydrogen-bond acceptors (Lipinski definition) is 5. The summed E-state index contributed by atoms with van der Waals surface area (Å²) in [5.74, 6) is 0.901. The van der Waals surface area contributed by atoms with Gasteiger partial charge in [-0.1, -0.05) is 6.07 Å². The average molecular weight is 341 g/mol. The fraction of sp³-hybridized carbons (Fsp3) is 0.294. The molecule has 8 heteroatoms. The summed E-state index contributed by atoms with van der Waals surface area (Å²) in [4.78, 5) is 29.0. The van der Waals surface area contributed by atoms with Crippen LogP contribution in [0.1, 0.15) is 12.0 Å². The number of urea groups is 1. The van der Waals surface area contributed by atoms with E-state index in [1.54, 1.807) is 19.2 Å². The van der Waals surface area contributed by atoms with Gasteiger partial charge in [0.2, 0.25) is 0 Å². The number of pyridine rings is 1. The number of carbonyl (C=O) groups is 1. The Bertz CT molecular complexity index is 781. The minimum absolute atomic E-state index is 0.0288. The molecule has 2 N–H and O–H groups in total. The maximum Gasteiger partial charge on any atom is 0.319 e. The summed E-state index contributed by atoms with van der Waals surface area (Å²) < 4.78 is 0. The van der Waals surface area contributed by atoms with Crippen LogP contribution in [0.2, 0.25) is 0 Å². The van der Waals surface area contributed by atoms with E-state index in [0.29, 0.717) is 17.8 Å². The van der Waals surface area contributed by atoms with Crippen molar-refractivity contribution in [1.82, 2.24) is 10.3 Å². The number of aryl methyl sites for hydroxylation is 1. The van der Waals surface area contributed by atoms with E-state index in [2.05, 4.69) is 20.5 Å². The Hall–Kier alpha value is -3.16. The van der Waals surface area contributed by atoms with E-state index < -0.39 is 4.92 Å². The third kappa shape index (κ3) is 4.03. The largest absolute Gasteiger partial charge is 0.354 e. The molecule has 1 aliphatic heterocycles. The molecule has 0 spiro atoms. The molecule has 130 valence electrons. The molecule has 8 nitrogen and oxygen atoms in total. The molecule has 0 bridgehead atoms. The number of nitro benzene ring substituents is 1.